The molecule has 0 spiro atoms. The van der Waals surface area contributed by atoms with Crippen molar-refractivity contribution in [3.05, 3.63) is 58.7 Å². The van der Waals surface area contributed by atoms with Gasteiger partial charge in [-0.2, -0.15) is 0 Å². The first-order valence-corrected chi connectivity index (χ1v) is 11.1. The summed E-state index contributed by atoms with van der Waals surface area (Å²) in [6, 6.07) is 6.31. The van der Waals surface area contributed by atoms with Gasteiger partial charge in [0.15, 0.2) is 0 Å². The van der Waals surface area contributed by atoms with Crippen LogP contribution in [0.2, 0.25) is 0 Å². The Hall–Kier alpha value is -1.91. The van der Waals surface area contributed by atoms with Crippen molar-refractivity contribution >= 4 is 5.97 Å². The Labute approximate surface area is 173 Å². The third-order valence-electron chi connectivity index (χ3n) is 7.12. The number of carboxylic acids is 1. The van der Waals surface area contributed by atoms with Crippen LogP contribution in [0.15, 0.2) is 42.0 Å². The molecule has 4 nitrogen and oxygen atoms in total. The van der Waals surface area contributed by atoms with Gasteiger partial charge in [0.2, 0.25) is 0 Å². The summed E-state index contributed by atoms with van der Waals surface area (Å²) < 4.78 is 0. The van der Waals surface area contributed by atoms with Crippen LogP contribution in [0, 0.1) is 17.8 Å². The minimum atomic E-state index is -0.734. The topological polar surface area (TPSA) is 77.8 Å². The van der Waals surface area contributed by atoms with E-state index in [1.54, 1.807) is 0 Å². The summed E-state index contributed by atoms with van der Waals surface area (Å²) in [6.07, 6.45) is 13.2. The molecular weight excluding hydrogens is 364 g/mol. The van der Waals surface area contributed by atoms with Crippen LogP contribution < -0.4 is 0 Å². The van der Waals surface area contributed by atoms with Crippen molar-refractivity contribution in [1.82, 2.24) is 0 Å². The van der Waals surface area contributed by atoms with Crippen LogP contribution in [0.5, 0.6) is 0 Å². The number of fused-ring (bicyclic) bond motifs is 2. The van der Waals surface area contributed by atoms with E-state index < -0.39 is 12.1 Å². The van der Waals surface area contributed by atoms with Crippen molar-refractivity contribution < 1.29 is 20.1 Å². The van der Waals surface area contributed by atoms with Crippen LogP contribution in [0.25, 0.3) is 0 Å². The van der Waals surface area contributed by atoms with E-state index in [9.17, 15) is 15.0 Å². The van der Waals surface area contributed by atoms with Crippen molar-refractivity contribution in [2.45, 2.75) is 70.0 Å². The molecule has 0 heterocycles. The largest absolute Gasteiger partial charge is 0.481 e. The number of carbonyl (C=O) groups is 1. The zero-order valence-electron chi connectivity index (χ0n) is 17.0. The normalized spacial score (nSPS) is 30.8. The van der Waals surface area contributed by atoms with E-state index in [4.69, 9.17) is 5.11 Å². The summed E-state index contributed by atoms with van der Waals surface area (Å²) >= 11 is 0. The van der Waals surface area contributed by atoms with Gasteiger partial charge in [0.05, 0.1) is 12.2 Å². The zero-order chi connectivity index (χ0) is 20.4. The molecule has 4 heteroatoms. The van der Waals surface area contributed by atoms with E-state index in [0.29, 0.717) is 18.3 Å². The van der Waals surface area contributed by atoms with E-state index in [1.165, 1.54) is 23.1 Å². The molecule has 0 saturated heterocycles. The number of benzene rings is 1. The third-order valence-corrected chi connectivity index (χ3v) is 7.12. The molecule has 2 saturated carbocycles. The number of allylic oxidation sites excluding steroid dienone is 2. The molecule has 3 aliphatic rings. The standard InChI is InChI=1S/C25H32O4/c26-23(19-9-8-17-5-3-6-18(17)14-19)11-10-21-22-13-16(4-1-2-7-25(28)29)12-20(22)15-24(21)27/h4,8-11,14,20-24,26-27H,1-3,5-7,12-13,15H2,(H,28,29)/b11-10+,16-4+/t20?,21-,22?,23-,24-/m1/s1. The molecule has 29 heavy (non-hydrogen) atoms. The second kappa shape index (κ2) is 8.85. The maximum atomic E-state index is 10.7. The number of aliphatic hydroxyl groups excluding tert-OH is 2. The van der Waals surface area contributed by atoms with Crippen LogP contribution in [-0.4, -0.2) is 27.4 Å². The van der Waals surface area contributed by atoms with Gasteiger partial charge in [-0.1, -0.05) is 42.0 Å². The molecule has 4 rings (SSSR count). The minimum Gasteiger partial charge on any atom is -0.481 e. The summed E-state index contributed by atoms with van der Waals surface area (Å²) in [5, 5.41) is 30.0. The van der Waals surface area contributed by atoms with Gasteiger partial charge in [-0.05, 0) is 79.9 Å². The number of rotatable bonds is 7. The number of carboxylic acid groups (broad SMARTS) is 1. The monoisotopic (exact) mass is 396 g/mol. The second-order valence-electron chi connectivity index (χ2n) is 9.07. The Balaban J connectivity index is 1.37. The quantitative estimate of drug-likeness (QED) is 0.473. The molecule has 0 aliphatic heterocycles. The van der Waals surface area contributed by atoms with E-state index in [1.807, 2.05) is 18.2 Å². The molecule has 0 bridgehead atoms. The average molecular weight is 397 g/mol. The lowest BCUT2D eigenvalue weighted by molar-refractivity contribution is -0.137. The van der Waals surface area contributed by atoms with Gasteiger partial charge in [0.1, 0.15) is 0 Å². The van der Waals surface area contributed by atoms with Crippen LogP contribution in [0.4, 0.5) is 0 Å². The smallest absolute Gasteiger partial charge is 0.303 e. The first kappa shape index (κ1) is 20.4. The highest BCUT2D eigenvalue weighted by molar-refractivity contribution is 5.66. The highest BCUT2D eigenvalue weighted by Crippen LogP contribution is 2.50. The Kier molecular flexibility index (Phi) is 6.21. The number of aryl methyl sites for hydroxylation is 2. The molecule has 0 amide bonds. The molecule has 0 aromatic heterocycles. The molecule has 2 unspecified atom stereocenters. The van der Waals surface area contributed by atoms with Crippen molar-refractivity contribution in [2.24, 2.45) is 17.8 Å². The summed E-state index contributed by atoms with van der Waals surface area (Å²) in [4.78, 5) is 10.6. The predicted molar refractivity (Wildman–Crippen MR) is 112 cm³/mol. The fourth-order valence-corrected chi connectivity index (χ4v) is 5.62. The molecule has 3 N–H and O–H groups in total. The maximum absolute atomic E-state index is 10.7. The minimum absolute atomic E-state index is 0.0917. The summed E-state index contributed by atoms with van der Waals surface area (Å²) in [7, 11) is 0. The van der Waals surface area contributed by atoms with Crippen LogP contribution in [-0.2, 0) is 17.6 Å². The number of hydrogen-bond donors (Lipinski definition) is 3. The fourth-order valence-electron chi connectivity index (χ4n) is 5.62. The summed E-state index contributed by atoms with van der Waals surface area (Å²) in [5.41, 5.74) is 5.13. The Bertz CT molecular complexity index is 809. The summed E-state index contributed by atoms with van der Waals surface area (Å²) in [5.74, 6) is 0.289. The van der Waals surface area contributed by atoms with E-state index >= 15 is 0 Å². The van der Waals surface area contributed by atoms with Crippen LogP contribution >= 0.6 is 0 Å². The first-order chi connectivity index (χ1) is 14.0. The number of aliphatic hydroxyl groups is 2. The molecule has 5 atom stereocenters. The number of unbranched alkanes of at least 4 members (excludes halogenated alkanes) is 1. The van der Waals surface area contributed by atoms with Gasteiger partial charge >= 0.3 is 5.97 Å². The number of aliphatic carboxylic acids is 1. The molecule has 3 aliphatic carbocycles. The van der Waals surface area contributed by atoms with E-state index in [0.717, 1.165) is 44.1 Å². The molecule has 0 radical (unpaired) electrons. The van der Waals surface area contributed by atoms with Gasteiger partial charge in [-0.15, -0.1) is 0 Å². The Morgan fingerprint density at radius 2 is 2.03 bits per heavy atom. The Morgan fingerprint density at radius 1 is 1.21 bits per heavy atom. The molecule has 2 fully saturated rings. The Morgan fingerprint density at radius 3 is 2.86 bits per heavy atom. The van der Waals surface area contributed by atoms with Gasteiger partial charge < -0.3 is 15.3 Å². The van der Waals surface area contributed by atoms with Crippen molar-refractivity contribution in [3.63, 3.8) is 0 Å². The third kappa shape index (κ3) is 4.65. The van der Waals surface area contributed by atoms with Crippen molar-refractivity contribution in [2.75, 3.05) is 0 Å². The first-order valence-electron chi connectivity index (χ1n) is 11.1. The fraction of sp³-hybridized carbons (Fsp3) is 0.560. The van der Waals surface area contributed by atoms with Crippen LogP contribution in [0.3, 0.4) is 0 Å². The highest BCUT2D eigenvalue weighted by Gasteiger charge is 2.44. The number of hydrogen-bond acceptors (Lipinski definition) is 3. The lowest BCUT2D eigenvalue weighted by Crippen LogP contribution is -2.17. The SMILES string of the molecule is O=C(O)CCC/C=C1\CC2C[C@@H](O)[C@H](/C=C/[C@@H](O)c3ccc4c(c3)CCC4)C2C1. The lowest BCUT2D eigenvalue weighted by Gasteiger charge is -2.18. The van der Waals surface area contributed by atoms with Crippen molar-refractivity contribution in [1.29, 1.82) is 0 Å². The van der Waals surface area contributed by atoms with E-state index in [2.05, 4.69) is 18.2 Å². The van der Waals surface area contributed by atoms with Crippen LogP contribution in [0.1, 0.15) is 67.7 Å². The van der Waals surface area contributed by atoms with Gasteiger partial charge in [0.25, 0.3) is 0 Å². The lowest BCUT2D eigenvalue weighted by atomic mass is 9.90. The molecule has 1 aromatic carbocycles. The second-order valence-corrected chi connectivity index (χ2v) is 9.07. The highest BCUT2D eigenvalue weighted by atomic mass is 16.4. The van der Waals surface area contributed by atoms with Gasteiger partial charge in [-0.3, -0.25) is 4.79 Å². The average Bonchev–Trinajstić information content (AvgIpc) is 3.37. The molecule has 1 aromatic rings. The van der Waals surface area contributed by atoms with E-state index in [-0.39, 0.29) is 18.4 Å². The van der Waals surface area contributed by atoms with Crippen molar-refractivity contribution in [3.8, 4) is 0 Å². The van der Waals surface area contributed by atoms with Gasteiger partial charge in [-0.25, -0.2) is 0 Å². The predicted octanol–water partition coefficient (Wildman–Crippen LogP) is 4.35. The van der Waals surface area contributed by atoms with Gasteiger partial charge in [0, 0.05) is 12.3 Å². The maximum Gasteiger partial charge on any atom is 0.303 e. The summed E-state index contributed by atoms with van der Waals surface area (Å²) in [6.45, 7) is 0. The molecular formula is C25H32O4. The zero-order valence-corrected chi connectivity index (χ0v) is 17.0. The molecule has 156 valence electrons.